The maximum atomic E-state index is 5.47. The summed E-state index contributed by atoms with van der Waals surface area (Å²) in [6.45, 7) is 2.36. The first-order valence-electron chi connectivity index (χ1n) is 4.81. The molecule has 2 heterocycles. The van der Waals surface area contributed by atoms with Crippen molar-refractivity contribution in [1.82, 2.24) is 0 Å². The normalized spacial score (nSPS) is 22.4. The van der Waals surface area contributed by atoms with Crippen LogP contribution in [0.5, 0.6) is 5.75 Å². The third-order valence-corrected chi connectivity index (χ3v) is 3.78. The number of hydrogen-bond acceptors (Lipinski definition) is 2. The molecule has 1 aromatic carbocycles. The maximum absolute atomic E-state index is 5.47. The summed E-state index contributed by atoms with van der Waals surface area (Å²) in [6, 6.07) is 6.43. The van der Waals surface area contributed by atoms with Crippen LogP contribution in [0.2, 0.25) is 0 Å². The summed E-state index contributed by atoms with van der Waals surface area (Å²) in [5, 5.41) is 0. The van der Waals surface area contributed by atoms with Crippen LogP contribution < -0.4 is 4.74 Å². The number of halogens is 1. The van der Waals surface area contributed by atoms with Gasteiger partial charge in [0, 0.05) is 6.42 Å². The van der Waals surface area contributed by atoms with Crippen molar-refractivity contribution in [3.8, 4) is 5.75 Å². The van der Waals surface area contributed by atoms with Gasteiger partial charge in [0.15, 0.2) is 0 Å². The Hall–Kier alpha value is -0.540. The highest BCUT2D eigenvalue weighted by Gasteiger charge is 2.38. The van der Waals surface area contributed by atoms with E-state index in [0.29, 0.717) is 0 Å². The first-order valence-corrected chi connectivity index (χ1v) is 5.60. The molecule has 0 aromatic heterocycles. The first-order chi connectivity index (χ1) is 6.78. The maximum Gasteiger partial charge on any atom is 0.122 e. The molecule has 3 rings (SSSR count). The highest BCUT2D eigenvalue weighted by atomic mass is 79.9. The quantitative estimate of drug-likeness (QED) is 0.716. The zero-order valence-electron chi connectivity index (χ0n) is 7.75. The molecule has 1 aromatic rings. The van der Waals surface area contributed by atoms with Crippen molar-refractivity contribution in [3.63, 3.8) is 0 Å². The van der Waals surface area contributed by atoms with E-state index in [-0.39, 0.29) is 4.32 Å². The highest BCUT2D eigenvalue weighted by molar-refractivity contribution is 9.09. The van der Waals surface area contributed by atoms with Gasteiger partial charge in [0.2, 0.25) is 0 Å². The summed E-state index contributed by atoms with van der Waals surface area (Å²) in [7, 11) is 0. The smallest absolute Gasteiger partial charge is 0.122 e. The topological polar surface area (TPSA) is 18.5 Å². The Morgan fingerprint density at radius 1 is 1.29 bits per heavy atom. The molecule has 2 aliphatic heterocycles. The van der Waals surface area contributed by atoms with Gasteiger partial charge >= 0.3 is 0 Å². The van der Waals surface area contributed by atoms with Crippen LogP contribution in [0.1, 0.15) is 11.1 Å². The third-order valence-electron chi connectivity index (χ3n) is 2.87. The van der Waals surface area contributed by atoms with E-state index in [1.54, 1.807) is 0 Å². The van der Waals surface area contributed by atoms with Crippen LogP contribution >= 0.6 is 15.9 Å². The van der Waals surface area contributed by atoms with Gasteiger partial charge in [-0.1, -0.05) is 28.1 Å². The molecule has 74 valence electrons. The lowest BCUT2D eigenvalue weighted by Gasteiger charge is -2.36. The van der Waals surface area contributed by atoms with E-state index in [0.717, 1.165) is 32.0 Å². The fourth-order valence-corrected chi connectivity index (χ4v) is 2.48. The molecule has 1 fully saturated rings. The molecule has 0 saturated carbocycles. The van der Waals surface area contributed by atoms with Crippen molar-refractivity contribution in [2.24, 2.45) is 0 Å². The molecular weight excluding hydrogens is 244 g/mol. The summed E-state index contributed by atoms with van der Waals surface area (Å²) in [5.74, 6) is 1.05. The van der Waals surface area contributed by atoms with Crippen molar-refractivity contribution in [1.29, 1.82) is 0 Å². The Kier molecular flexibility index (Phi) is 1.86. The number of fused-ring (bicyclic) bond motifs is 1. The van der Waals surface area contributed by atoms with Gasteiger partial charge in [0.1, 0.15) is 5.75 Å². The van der Waals surface area contributed by atoms with Crippen LogP contribution in [0.3, 0.4) is 0 Å². The highest BCUT2D eigenvalue weighted by Crippen LogP contribution is 2.40. The molecular formula is C11H11BrO2. The van der Waals surface area contributed by atoms with Crippen LogP contribution in [-0.4, -0.2) is 19.8 Å². The van der Waals surface area contributed by atoms with Crippen molar-refractivity contribution >= 4 is 15.9 Å². The van der Waals surface area contributed by atoms with E-state index >= 15 is 0 Å². The predicted octanol–water partition coefficient (Wildman–Crippen LogP) is 2.24. The average Bonchev–Trinajstić information content (AvgIpc) is 2.60. The van der Waals surface area contributed by atoms with Gasteiger partial charge in [-0.25, -0.2) is 0 Å². The van der Waals surface area contributed by atoms with Crippen LogP contribution in [0, 0.1) is 0 Å². The van der Waals surface area contributed by atoms with Crippen LogP contribution in [0.15, 0.2) is 18.2 Å². The largest absolute Gasteiger partial charge is 0.493 e. The van der Waals surface area contributed by atoms with Crippen molar-refractivity contribution in [2.45, 2.75) is 10.7 Å². The molecule has 0 atom stereocenters. The Morgan fingerprint density at radius 3 is 2.86 bits per heavy atom. The Labute approximate surface area is 91.3 Å². The number of ether oxygens (including phenoxy) is 2. The van der Waals surface area contributed by atoms with Crippen LogP contribution in [0.4, 0.5) is 0 Å². The van der Waals surface area contributed by atoms with E-state index in [1.165, 1.54) is 11.1 Å². The second-order valence-electron chi connectivity index (χ2n) is 3.88. The van der Waals surface area contributed by atoms with Crippen LogP contribution in [0.25, 0.3) is 0 Å². The molecule has 0 N–H and O–H groups in total. The number of hydrogen-bond donors (Lipinski definition) is 0. The summed E-state index contributed by atoms with van der Waals surface area (Å²) in [4.78, 5) is 0. The molecule has 0 radical (unpaired) electrons. The summed E-state index contributed by atoms with van der Waals surface area (Å²) in [5.41, 5.74) is 2.64. The lowest BCUT2D eigenvalue weighted by molar-refractivity contribution is -0.00700. The number of benzene rings is 1. The molecule has 2 aliphatic rings. The van der Waals surface area contributed by atoms with E-state index in [4.69, 9.17) is 9.47 Å². The second kappa shape index (κ2) is 2.97. The van der Waals surface area contributed by atoms with Gasteiger partial charge in [-0.3, -0.25) is 0 Å². The Morgan fingerprint density at radius 2 is 2.14 bits per heavy atom. The van der Waals surface area contributed by atoms with Gasteiger partial charge in [-0.2, -0.15) is 0 Å². The van der Waals surface area contributed by atoms with E-state index in [1.807, 2.05) is 0 Å². The van der Waals surface area contributed by atoms with E-state index in [9.17, 15) is 0 Å². The van der Waals surface area contributed by atoms with Crippen molar-refractivity contribution in [2.75, 3.05) is 19.8 Å². The average molecular weight is 255 g/mol. The fourth-order valence-electron chi connectivity index (χ4n) is 1.91. The first kappa shape index (κ1) is 8.74. The minimum Gasteiger partial charge on any atom is -0.493 e. The molecule has 2 nitrogen and oxygen atoms in total. The summed E-state index contributed by atoms with van der Waals surface area (Å²) >= 11 is 3.72. The lowest BCUT2D eigenvalue weighted by Crippen LogP contribution is -2.40. The van der Waals surface area contributed by atoms with Gasteiger partial charge < -0.3 is 9.47 Å². The number of alkyl halides is 1. The van der Waals surface area contributed by atoms with Gasteiger partial charge in [0.25, 0.3) is 0 Å². The fraction of sp³-hybridized carbons (Fsp3) is 0.455. The van der Waals surface area contributed by atoms with Gasteiger partial charge in [-0.15, -0.1) is 0 Å². The van der Waals surface area contributed by atoms with Crippen molar-refractivity contribution < 1.29 is 9.47 Å². The Bertz CT molecular complexity index is 372. The third kappa shape index (κ3) is 1.19. The van der Waals surface area contributed by atoms with Crippen LogP contribution in [-0.2, 0) is 15.5 Å². The minimum absolute atomic E-state index is 0.0601. The molecule has 0 unspecified atom stereocenters. The monoisotopic (exact) mass is 254 g/mol. The lowest BCUT2D eigenvalue weighted by atomic mass is 9.95. The standard InChI is InChI=1S/C11H11BrO2/c12-11(6-13-7-11)9-1-2-10-8(5-9)3-4-14-10/h1-2,5H,3-4,6-7H2. The predicted molar refractivity (Wildman–Crippen MR) is 57.1 cm³/mol. The van der Waals surface area contributed by atoms with Crippen molar-refractivity contribution in [3.05, 3.63) is 29.3 Å². The molecule has 0 amide bonds. The summed E-state index contributed by atoms with van der Waals surface area (Å²) in [6.07, 6.45) is 1.03. The van der Waals surface area contributed by atoms with Gasteiger partial charge in [-0.05, 0) is 17.2 Å². The van der Waals surface area contributed by atoms with E-state index in [2.05, 4.69) is 34.1 Å². The summed E-state index contributed by atoms with van der Waals surface area (Å²) < 4.78 is 10.8. The minimum atomic E-state index is 0.0601. The molecule has 3 heteroatoms. The second-order valence-corrected chi connectivity index (χ2v) is 5.40. The number of rotatable bonds is 1. The zero-order chi connectivity index (χ0) is 9.60. The molecule has 1 saturated heterocycles. The SMILES string of the molecule is BrC1(c2ccc3c(c2)CCO3)COC1. The van der Waals surface area contributed by atoms with E-state index < -0.39 is 0 Å². The molecule has 14 heavy (non-hydrogen) atoms. The molecule has 0 aliphatic carbocycles. The molecule has 0 bridgehead atoms. The van der Waals surface area contributed by atoms with Gasteiger partial charge in [0.05, 0.1) is 24.1 Å². The molecule has 0 spiro atoms. The zero-order valence-corrected chi connectivity index (χ0v) is 9.34. The Balaban J connectivity index is 2.00.